The van der Waals surface area contributed by atoms with E-state index < -0.39 is 11.5 Å². The first-order chi connectivity index (χ1) is 17.0. The van der Waals surface area contributed by atoms with Crippen LogP contribution in [0.1, 0.15) is 70.8 Å². The maximum Gasteiger partial charge on any atom is 2.00 e. The first-order valence-corrected chi connectivity index (χ1v) is 12.7. The van der Waals surface area contributed by atoms with Gasteiger partial charge < -0.3 is 10.2 Å². The molecule has 0 aliphatic heterocycles. The number of nitrogens with zero attached hydrogens (tertiary/aromatic N) is 2. The van der Waals surface area contributed by atoms with Crippen molar-refractivity contribution in [2.24, 2.45) is 9.98 Å². The summed E-state index contributed by atoms with van der Waals surface area (Å²) in [6.07, 6.45) is 9.30. The molecule has 0 fully saturated rings. The SMILES string of the molecule is CCCCCCC(=Nc1ccccc1)C(CCCC)=Nc1ccccc1.Cc1ccc([O-])c([O-])c1.[Ni+2]. The van der Waals surface area contributed by atoms with Gasteiger partial charge in [0.05, 0.1) is 22.8 Å². The van der Waals surface area contributed by atoms with Gasteiger partial charge in [0.25, 0.3) is 0 Å². The quantitative estimate of drug-likeness (QED) is 0.144. The van der Waals surface area contributed by atoms with Crippen LogP contribution in [0.15, 0.2) is 88.8 Å². The third-order valence-corrected chi connectivity index (χ3v) is 5.51. The average Bonchev–Trinajstić information content (AvgIpc) is 2.88. The van der Waals surface area contributed by atoms with Crippen molar-refractivity contribution in [3.8, 4) is 11.5 Å². The van der Waals surface area contributed by atoms with Gasteiger partial charge in [0.15, 0.2) is 0 Å². The van der Waals surface area contributed by atoms with Crippen LogP contribution in [0.3, 0.4) is 0 Å². The molecule has 36 heavy (non-hydrogen) atoms. The van der Waals surface area contributed by atoms with Gasteiger partial charge in [-0.1, -0.05) is 99.7 Å². The van der Waals surface area contributed by atoms with Crippen molar-refractivity contribution in [1.82, 2.24) is 0 Å². The second-order valence-corrected chi connectivity index (χ2v) is 8.65. The fraction of sp³-hybridized carbons (Fsp3) is 0.355. The summed E-state index contributed by atoms with van der Waals surface area (Å²) in [7, 11) is 0. The van der Waals surface area contributed by atoms with Gasteiger partial charge in [0.2, 0.25) is 0 Å². The van der Waals surface area contributed by atoms with Crippen molar-refractivity contribution in [3.05, 3.63) is 84.4 Å². The van der Waals surface area contributed by atoms with E-state index >= 15 is 0 Å². The van der Waals surface area contributed by atoms with Crippen LogP contribution in [-0.2, 0) is 16.5 Å². The van der Waals surface area contributed by atoms with Gasteiger partial charge in [-0.15, -0.1) is 11.5 Å². The molecule has 0 saturated heterocycles. The van der Waals surface area contributed by atoms with E-state index in [2.05, 4.69) is 38.1 Å². The topological polar surface area (TPSA) is 70.8 Å². The summed E-state index contributed by atoms with van der Waals surface area (Å²) in [4.78, 5) is 9.97. The van der Waals surface area contributed by atoms with Crippen LogP contribution < -0.4 is 10.2 Å². The molecule has 0 heterocycles. The van der Waals surface area contributed by atoms with Crippen LogP contribution in [0.2, 0.25) is 0 Å². The Morgan fingerprint density at radius 2 is 1.11 bits per heavy atom. The van der Waals surface area contributed by atoms with Crippen molar-refractivity contribution in [3.63, 3.8) is 0 Å². The van der Waals surface area contributed by atoms with E-state index in [1.807, 2.05) is 36.4 Å². The Balaban J connectivity index is 0.000000546. The molecule has 0 aromatic heterocycles. The molecule has 0 aliphatic carbocycles. The molecule has 0 N–H and O–H groups in total. The zero-order valence-electron chi connectivity index (χ0n) is 21.7. The molecule has 4 nitrogen and oxygen atoms in total. The number of hydrogen-bond acceptors (Lipinski definition) is 4. The molecule has 0 spiro atoms. The minimum atomic E-state index is -0.430. The molecule has 3 aromatic rings. The number of para-hydroxylation sites is 2. The number of aryl methyl sites for hydroxylation is 1. The summed E-state index contributed by atoms with van der Waals surface area (Å²) in [6.45, 7) is 6.26. The number of unbranched alkanes of at least 4 members (excludes halogenated alkanes) is 4. The molecule has 0 atom stereocenters. The minimum absolute atomic E-state index is 0. The van der Waals surface area contributed by atoms with Crippen molar-refractivity contribution >= 4 is 22.8 Å². The molecule has 3 rings (SSSR count). The van der Waals surface area contributed by atoms with Crippen LogP contribution in [0, 0.1) is 6.92 Å². The summed E-state index contributed by atoms with van der Waals surface area (Å²) in [6, 6.07) is 24.8. The summed E-state index contributed by atoms with van der Waals surface area (Å²) >= 11 is 0. The first-order valence-electron chi connectivity index (χ1n) is 12.7. The second kappa shape index (κ2) is 18.4. The zero-order chi connectivity index (χ0) is 25.3. The van der Waals surface area contributed by atoms with E-state index in [9.17, 15) is 10.2 Å². The van der Waals surface area contributed by atoms with Crippen LogP contribution >= 0.6 is 0 Å². The molecule has 0 aliphatic rings. The van der Waals surface area contributed by atoms with E-state index in [-0.39, 0.29) is 16.5 Å². The number of benzene rings is 3. The van der Waals surface area contributed by atoms with Crippen molar-refractivity contribution < 1.29 is 26.7 Å². The molecule has 0 radical (unpaired) electrons. The standard InChI is InChI=1S/C24H32N2.C7H8O2.Ni/c1-3-5-7-14-20-24(26-22-17-12-9-13-18-22)23(19-6-4-2)25-21-15-10-8-11-16-21;1-5-2-3-6(8)7(9)4-5;/h8-13,15-18H,3-7,14,19-20H2,1-2H3;2-4,8-9H,1H3;/q;;+2/p-2. The Morgan fingerprint density at radius 1 is 0.611 bits per heavy atom. The van der Waals surface area contributed by atoms with Crippen LogP contribution in [0.5, 0.6) is 11.5 Å². The third kappa shape index (κ3) is 12.2. The Hall–Kier alpha value is -2.91. The molecule has 5 heteroatoms. The smallest absolute Gasteiger partial charge is 0.873 e. The Bertz CT molecular complexity index is 1050. The molecule has 0 saturated carbocycles. The Kier molecular flexibility index (Phi) is 15.9. The van der Waals surface area contributed by atoms with Gasteiger partial charge in [-0.2, -0.15) is 0 Å². The first kappa shape index (κ1) is 31.1. The summed E-state index contributed by atoms with van der Waals surface area (Å²) < 4.78 is 0. The summed E-state index contributed by atoms with van der Waals surface area (Å²) in [5, 5.41) is 21.0. The van der Waals surface area contributed by atoms with Crippen LogP contribution in [0.25, 0.3) is 0 Å². The normalized spacial score (nSPS) is 11.3. The largest absolute Gasteiger partial charge is 2.00 e. The van der Waals surface area contributed by atoms with E-state index in [1.165, 1.54) is 44.2 Å². The maximum atomic E-state index is 10.5. The van der Waals surface area contributed by atoms with E-state index in [1.54, 1.807) is 13.0 Å². The third-order valence-electron chi connectivity index (χ3n) is 5.51. The van der Waals surface area contributed by atoms with Crippen LogP contribution in [-0.4, -0.2) is 11.4 Å². The molecular formula is C31H38N2NiO2. The van der Waals surface area contributed by atoms with Gasteiger partial charge in [0.1, 0.15) is 0 Å². The molecule has 0 bridgehead atoms. The molecule has 194 valence electrons. The van der Waals surface area contributed by atoms with Gasteiger partial charge in [-0.3, -0.25) is 9.98 Å². The minimum Gasteiger partial charge on any atom is -0.873 e. The number of hydrogen-bond donors (Lipinski definition) is 0. The van der Waals surface area contributed by atoms with Crippen LogP contribution in [0.4, 0.5) is 11.4 Å². The maximum absolute atomic E-state index is 10.5. The van der Waals surface area contributed by atoms with Gasteiger partial charge in [-0.05, 0) is 56.9 Å². The van der Waals surface area contributed by atoms with E-state index in [4.69, 9.17) is 9.98 Å². The fourth-order valence-electron chi connectivity index (χ4n) is 3.52. The van der Waals surface area contributed by atoms with Crippen molar-refractivity contribution in [2.45, 2.75) is 72.1 Å². The Morgan fingerprint density at radius 3 is 1.56 bits per heavy atom. The van der Waals surface area contributed by atoms with Gasteiger partial charge >= 0.3 is 16.5 Å². The predicted molar refractivity (Wildman–Crippen MR) is 145 cm³/mol. The molecule has 3 aromatic carbocycles. The zero-order valence-corrected chi connectivity index (χ0v) is 22.7. The van der Waals surface area contributed by atoms with Gasteiger partial charge in [0, 0.05) is 0 Å². The summed E-state index contributed by atoms with van der Waals surface area (Å²) in [5.41, 5.74) is 5.19. The Labute approximate surface area is 227 Å². The number of aliphatic imine (C=N–C) groups is 2. The summed E-state index contributed by atoms with van der Waals surface area (Å²) in [5.74, 6) is -0.851. The second-order valence-electron chi connectivity index (χ2n) is 8.65. The number of rotatable bonds is 11. The van der Waals surface area contributed by atoms with Crippen molar-refractivity contribution in [1.29, 1.82) is 0 Å². The van der Waals surface area contributed by atoms with Gasteiger partial charge in [-0.25, -0.2) is 0 Å². The average molecular weight is 529 g/mol. The predicted octanol–water partition coefficient (Wildman–Crippen LogP) is 7.83. The van der Waals surface area contributed by atoms with E-state index in [0.717, 1.165) is 47.6 Å². The monoisotopic (exact) mass is 528 g/mol. The van der Waals surface area contributed by atoms with E-state index in [0.29, 0.717) is 0 Å². The van der Waals surface area contributed by atoms with Crippen molar-refractivity contribution in [2.75, 3.05) is 0 Å². The molecular weight excluding hydrogens is 491 g/mol. The molecule has 0 amide bonds. The molecule has 0 unspecified atom stereocenters. The fourth-order valence-corrected chi connectivity index (χ4v) is 3.52.